The average Bonchev–Trinajstić information content (AvgIpc) is 3.13. The summed E-state index contributed by atoms with van der Waals surface area (Å²) in [4.78, 5) is 24.8. The number of benzene rings is 1. The average molecular weight is 542 g/mol. The lowest BCUT2D eigenvalue weighted by Gasteiger charge is -2.34. The Kier molecular flexibility index (Phi) is 10.0. The summed E-state index contributed by atoms with van der Waals surface area (Å²) in [6.45, 7) is 7.50. The van der Waals surface area contributed by atoms with E-state index in [2.05, 4.69) is 41.5 Å². The Bertz CT molecular complexity index is 831. The van der Waals surface area contributed by atoms with E-state index in [1.165, 1.54) is 4.88 Å². The summed E-state index contributed by atoms with van der Waals surface area (Å²) >= 11 is 1.72. The number of hydrogen-bond acceptors (Lipinski definition) is 4. The number of aliphatic imine (C=N–C) groups is 1. The van der Waals surface area contributed by atoms with E-state index in [9.17, 15) is 4.79 Å². The topological polar surface area (TPSA) is 69.6 Å². The maximum Gasteiger partial charge on any atom is 0.220 e. The first kappa shape index (κ1) is 24.6. The Labute approximate surface area is 200 Å². The zero-order valence-electron chi connectivity index (χ0n) is 18.0. The SMILES string of the molecule is CCNC(=NCc1sc(-c2ccccc2)nc1C)N1CCC(CC(=O)NC)CC1.I. The Morgan fingerprint density at radius 3 is 2.60 bits per heavy atom. The maximum atomic E-state index is 11.6. The Morgan fingerprint density at radius 1 is 1.27 bits per heavy atom. The lowest BCUT2D eigenvalue weighted by atomic mass is 9.93. The number of aryl methyl sites for hydroxylation is 1. The van der Waals surface area contributed by atoms with Crippen LogP contribution >= 0.6 is 35.3 Å². The fourth-order valence-corrected chi connectivity index (χ4v) is 4.56. The number of guanidine groups is 1. The van der Waals surface area contributed by atoms with Crippen molar-refractivity contribution < 1.29 is 4.79 Å². The van der Waals surface area contributed by atoms with Gasteiger partial charge in [0.2, 0.25) is 5.91 Å². The lowest BCUT2D eigenvalue weighted by Crippen LogP contribution is -2.46. The number of carbonyl (C=O) groups excluding carboxylic acids is 1. The smallest absolute Gasteiger partial charge is 0.220 e. The predicted molar refractivity (Wildman–Crippen MR) is 135 cm³/mol. The zero-order chi connectivity index (χ0) is 20.6. The van der Waals surface area contributed by atoms with Crippen LogP contribution in [0.4, 0.5) is 0 Å². The van der Waals surface area contributed by atoms with Crippen LogP contribution in [-0.4, -0.2) is 48.4 Å². The lowest BCUT2D eigenvalue weighted by molar-refractivity contribution is -0.121. The van der Waals surface area contributed by atoms with Gasteiger partial charge in [-0.05, 0) is 32.6 Å². The molecule has 0 saturated carbocycles. The molecule has 0 aliphatic carbocycles. The van der Waals surface area contributed by atoms with E-state index >= 15 is 0 Å². The van der Waals surface area contributed by atoms with Gasteiger partial charge in [-0.3, -0.25) is 4.79 Å². The van der Waals surface area contributed by atoms with Crippen molar-refractivity contribution in [1.82, 2.24) is 20.5 Å². The van der Waals surface area contributed by atoms with Crippen LogP contribution in [0.5, 0.6) is 0 Å². The molecule has 0 radical (unpaired) electrons. The van der Waals surface area contributed by atoms with E-state index in [4.69, 9.17) is 9.98 Å². The van der Waals surface area contributed by atoms with Gasteiger partial charge in [0.15, 0.2) is 5.96 Å². The van der Waals surface area contributed by atoms with Crippen LogP contribution in [-0.2, 0) is 11.3 Å². The Morgan fingerprint density at radius 2 is 1.97 bits per heavy atom. The second-order valence-electron chi connectivity index (χ2n) is 7.37. The highest BCUT2D eigenvalue weighted by Gasteiger charge is 2.23. The maximum absolute atomic E-state index is 11.6. The number of piperidine rings is 1. The van der Waals surface area contributed by atoms with Gasteiger partial charge in [-0.15, -0.1) is 35.3 Å². The van der Waals surface area contributed by atoms with Gasteiger partial charge in [0.25, 0.3) is 0 Å². The van der Waals surface area contributed by atoms with Crippen molar-refractivity contribution >= 4 is 47.2 Å². The number of thiazole rings is 1. The normalized spacial score (nSPS) is 14.9. The summed E-state index contributed by atoms with van der Waals surface area (Å²) < 4.78 is 0. The van der Waals surface area contributed by atoms with Crippen LogP contribution in [0.25, 0.3) is 10.6 Å². The number of amides is 1. The molecule has 1 saturated heterocycles. The van der Waals surface area contributed by atoms with Gasteiger partial charge in [0, 0.05) is 43.5 Å². The number of hydrogen-bond donors (Lipinski definition) is 2. The summed E-state index contributed by atoms with van der Waals surface area (Å²) in [7, 11) is 1.71. The first-order chi connectivity index (χ1) is 14.1. The minimum Gasteiger partial charge on any atom is -0.359 e. The van der Waals surface area contributed by atoms with Crippen LogP contribution in [0.1, 0.15) is 36.8 Å². The van der Waals surface area contributed by atoms with Crippen molar-refractivity contribution in [3.8, 4) is 10.6 Å². The highest BCUT2D eigenvalue weighted by atomic mass is 127. The first-order valence-corrected chi connectivity index (χ1v) is 11.2. The van der Waals surface area contributed by atoms with E-state index < -0.39 is 0 Å². The van der Waals surface area contributed by atoms with Crippen molar-refractivity contribution in [3.05, 3.63) is 40.9 Å². The molecule has 1 aliphatic rings. The Hall–Kier alpha value is -1.68. The van der Waals surface area contributed by atoms with Gasteiger partial charge in [0.05, 0.1) is 12.2 Å². The Balaban J connectivity index is 0.00000320. The number of nitrogens with zero attached hydrogens (tertiary/aromatic N) is 3. The molecule has 0 unspecified atom stereocenters. The van der Waals surface area contributed by atoms with Crippen molar-refractivity contribution in [2.24, 2.45) is 10.9 Å². The molecule has 1 aliphatic heterocycles. The summed E-state index contributed by atoms with van der Waals surface area (Å²) in [5.74, 6) is 1.56. The summed E-state index contributed by atoms with van der Waals surface area (Å²) in [5, 5.41) is 7.21. The quantitative estimate of drug-likeness (QED) is 0.329. The van der Waals surface area contributed by atoms with Gasteiger partial charge in [0.1, 0.15) is 5.01 Å². The molecule has 164 valence electrons. The number of aromatic nitrogens is 1. The molecule has 1 aromatic carbocycles. The fourth-order valence-electron chi connectivity index (χ4n) is 3.56. The number of halogens is 1. The minimum absolute atomic E-state index is 0. The molecule has 2 heterocycles. The van der Waals surface area contributed by atoms with Gasteiger partial charge in [-0.2, -0.15) is 0 Å². The highest BCUT2D eigenvalue weighted by Crippen LogP contribution is 2.28. The third kappa shape index (κ3) is 6.66. The summed E-state index contributed by atoms with van der Waals surface area (Å²) in [5.41, 5.74) is 2.21. The van der Waals surface area contributed by atoms with Crippen LogP contribution in [0.15, 0.2) is 35.3 Å². The van der Waals surface area contributed by atoms with Crippen molar-refractivity contribution in [2.45, 2.75) is 39.7 Å². The summed E-state index contributed by atoms with van der Waals surface area (Å²) in [6, 6.07) is 10.3. The standard InChI is InChI=1S/C22H31N5OS.HI/c1-4-24-22(27-12-10-17(11-13-27)14-20(28)23-3)25-15-19-16(2)26-21(29-19)18-8-6-5-7-9-18;/h5-9,17H,4,10-15H2,1-3H3,(H,23,28)(H,24,25);1H. The van der Waals surface area contributed by atoms with Crippen molar-refractivity contribution in [2.75, 3.05) is 26.7 Å². The van der Waals surface area contributed by atoms with E-state index in [1.54, 1.807) is 18.4 Å². The monoisotopic (exact) mass is 541 g/mol. The second kappa shape index (κ2) is 12.2. The third-order valence-corrected chi connectivity index (χ3v) is 6.48. The number of carbonyl (C=O) groups is 1. The molecule has 1 aromatic heterocycles. The molecule has 0 bridgehead atoms. The van der Waals surface area contributed by atoms with E-state index in [0.717, 1.165) is 54.7 Å². The molecule has 1 fully saturated rings. The molecule has 0 spiro atoms. The van der Waals surface area contributed by atoms with Gasteiger partial charge in [-0.1, -0.05) is 30.3 Å². The van der Waals surface area contributed by atoms with Crippen LogP contribution in [0, 0.1) is 12.8 Å². The molecule has 6 nitrogen and oxygen atoms in total. The van der Waals surface area contributed by atoms with Crippen LogP contribution < -0.4 is 10.6 Å². The van der Waals surface area contributed by atoms with Gasteiger partial charge < -0.3 is 15.5 Å². The molecule has 2 aromatic rings. The molecule has 2 N–H and O–H groups in total. The molecule has 0 atom stereocenters. The predicted octanol–water partition coefficient (Wildman–Crippen LogP) is 4.05. The van der Waals surface area contributed by atoms with E-state index in [1.807, 2.05) is 18.2 Å². The number of rotatable bonds is 6. The molecular formula is C22H32IN5OS. The molecule has 30 heavy (non-hydrogen) atoms. The third-order valence-electron chi connectivity index (χ3n) is 5.29. The summed E-state index contributed by atoms with van der Waals surface area (Å²) in [6.07, 6.45) is 2.67. The number of nitrogens with one attached hydrogen (secondary N) is 2. The van der Waals surface area contributed by atoms with Crippen LogP contribution in [0.2, 0.25) is 0 Å². The van der Waals surface area contributed by atoms with Crippen molar-refractivity contribution in [1.29, 1.82) is 0 Å². The molecule has 3 rings (SSSR count). The first-order valence-electron chi connectivity index (χ1n) is 10.4. The van der Waals surface area contributed by atoms with E-state index in [0.29, 0.717) is 18.9 Å². The fraction of sp³-hybridized carbons (Fsp3) is 0.500. The highest BCUT2D eigenvalue weighted by molar-refractivity contribution is 14.0. The van der Waals surface area contributed by atoms with Crippen LogP contribution in [0.3, 0.4) is 0 Å². The molecule has 8 heteroatoms. The zero-order valence-corrected chi connectivity index (χ0v) is 21.1. The van der Waals surface area contributed by atoms with Gasteiger partial charge in [-0.25, -0.2) is 9.98 Å². The van der Waals surface area contributed by atoms with E-state index in [-0.39, 0.29) is 29.9 Å². The second-order valence-corrected chi connectivity index (χ2v) is 8.46. The minimum atomic E-state index is 0. The molecular weight excluding hydrogens is 509 g/mol. The number of likely N-dealkylation sites (tertiary alicyclic amines) is 1. The van der Waals surface area contributed by atoms with Crippen molar-refractivity contribution in [3.63, 3.8) is 0 Å². The van der Waals surface area contributed by atoms with Gasteiger partial charge >= 0.3 is 0 Å². The largest absolute Gasteiger partial charge is 0.359 e. The molecule has 1 amide bonds.